The Morgan fingerprint density at radius 2 is 1.74 bits per heavy atom. The average Bonchev–Trinajstić information content (AvgIpc) is 3.01. The summed E-state index contributed by atoms with van der Waals surface area (Å²) in [5.41, 5.74) is 0.725. The monoisotopic (exact) mass is 479 g/mol. The van der Waals surface area contributed by atoms with Crippen molar-refractivity contribution < 1.29 is 23.7 Å². The number of thioether (sulfide) groups is 1. The van der Waals surface area contributed by atoms with E-state index in [2.05, 4.69) is 0 Å². The van der Waals surface area contributed by atoms with Crippen LogP contribution in [0.25, 0.3) is 6.08 Å². The Morgan fingerprint density at radius 3 is 2.39 bits per heavy atom. The number of halogens is 1. The van der Waals surface area contributed by atoms with E-state index in [9.17, 15) is 4.79 Å². The lowest BCUT2D eigenvalue weighted by molar-refractivity contribution is -0.121. The number of carbonyl (C=O) groups excluding carboxylic acids is 1. The molecule has 3 rings (SSSR count). The van der Waals surface area contributed by atoms with E-state index in [1.807, 2.05) is 24.3 Å². The van der Waals surface area contributed by atoms with Crippen LogP contribution in [0.5, 0.6) is 23.0 Å². The van der Waals surface area contributed by atoms with Crippen molar-refractivity contribution in [1.29, 1.82) is 0 Å². The fourth-order valence-corrected chi connectivity index (χ4v) is 4.27. The lowest BCUT2D eigenvalue weighted by Gasteiger charge is -2.14. The van der Waals surface area contributed by atoms with Crippen LogP contribution in [0.4, 0.5) is 0 Å². The molecule has 164 valence electrons. The molecule has 0 aromatic heterocycles. The van der Waals surface area contributed by atoms with Crippen molar-refractivity contribution in [2.75, 3.05) is 34.5 Å². The third kappa shape index (κ3) is 5.64. The average molecular weight is 480 g/mol. The number of rotatable bonds is 9. The van der Waals surface area contributed by atoms with Crippen molar-refractivity contribution in [3.63, 3.8) is 0 Å². The predicted octanol–water partition coefficient (Wildman–Crippen LogP) is 5.04. The van der Waals surface area contributed by atoms with Gasteiger partial charge in [-0.3, -0.25) is 9.69 Å². The highest BCUT2D eigenvalue weighted by Crippen LogP contribution is 2.39. The number of ether oxygens (including phenoxy) is 4. The van der Waals surface area contributed by atoms with E-state index in [1.54, 1.807) is 39.5 Å². The van der Waals surface area contributed by atoms with E-state index in [0.29, 0.717) is 56.9 Å². The van der Waals surface area contributed by atoms with Gasteiger partial charge in [0.05, 0.1) is 37.4 Å². The van der Waals surface area contributed by atoms with Crippen LogP contribution in [0, 0.1) is 0 Å². The molecule has 1 saturated heterocycles. The molecule has 2 aromatic carbocycles. The number of benzene rings is 2. The number of carbonyl (C=O) groups is 1. The maximum Gasteiger partial charge on any atom is 0.265 e. The van der Waals surface area contributed by atoms with Crippen LogP contribution in [-0.4, -0.2) is 49.6 Å². The maximum atomic E-state index is 12.2. The van der Waals surface area contributed by atoms with E-state index >= 15 is 0 Å². The first-order valence-corrected chi connectivity index (χ1v) is 11.0. The second-order valence-corrected chi connectivity index (χ2v) is 8.56. The Morgan fingerprint density at radius 1 is 1.06 bits per heavy atom. The Kier molecular flexibility index (Phi) is 8.06. The minimum absolute atomic E-state index is 0.138. The highest BCUT2D eigenvalue weighted by Gasteiger charge is 2.28. The highest BCUT2D eigenvalue weighted by molar-refractivity contribution is 8.26. The molecule has 0 atom stereocenters. The zero-order valence-corrected chi connectivity index (χ0v) is 19.7. The summed E-state index contributed by atoms with van der Waals surface area (Å²) in [6, 6.07) is 11.0. The first-order chi connectivity index (χ1) is 14.9. The minimum atomic E-state index is -0.138. The predicted molar refractivity (Wildman–Crippen MR) is 128 cm³/mol. The summed E-state index contributed by atoms with van der Waals surface area (Å²) in [6.45, 7) is 0.844. The molecule has 0 spiro atoms. The van der Waals surface area contributed by atoms with Crippen LogP contribution >= 0.6 is 35.6 Å². The van der Waals surface area contributed by atoms with Gasteiger partial charge in [0.1, 0.15) is 4.32 Å². The van der Waals surface area contributed by atoms with E-state index in [1.165, 1.54) is 16.7 Å². The fraction of sp³-hybridized carbons (Fsp3) is 0.273. The molecule has 1 aliphatic heterocycles. The van der Waals surface area contributed by atoms with Crippen molar-refractivity contribution in [3.05, 3.63) is 51.9 Å². The third-order valence-corrected chi connectivity index (χ3v) is 6.16. The topological polar surface area (TPSA) is 57.2 Å². The molecule has 1 amide bonds. The Balaban J connectivity index is 1.62. The molecule has 9 heteroatoms. The lowest BCUT2D eigenvalue weighted by atomic mass is 10.2. The number of nitrogens with zero attached hydrogens (tertiary/aromatic N) is 1. The zero-order chi connectivity index (χ0) is 22.4. The summed E-state index contributed by atoms with van der Waals surface area (Å²) in [6.07, 6.45) is 2.38. The van der Waals surface area contributed by atoms with Crippen molar-refractivity contribution >= 4 is 51.9 Å². The molecule has 1 heterocycles. The highest BCUT2D eigenvalue weighted by atomic mass is 35.5. The Bertz CT molecular complexity index is 1010. The number of para-hydroxylation sites is 2. The van der Waals surface area contributed by atoms with Gasteiger partial charge in [0.25, 0.3) is 5.91 Å². The SMILES string of the molecule is COc1ccccc1OCCCOc1c(Cl)cc(/C=C2\SC(=S)N(C)C2=O)cc1OC. The number of hydrogen-bond donors (Lipinski definition) is 0. The molecule has 2 aromatic rings. The second kappa shape index (κ2) is 10.7. The smallest absolute Gasteiger partial charge is 0.265 e. The molecule has 0 radical (unpaired) electrons. The van der Waals surface area contributed by atoms with Crippen LogP contribution in [0.2, 0.25) is 5.02 Å². The number of likely N-dealkylation sites (N-methyl/N-ethyl adjacent to an activating group) is 1. The first-order valence-electron chi connectivity index (χ1n) is 9.42. The van der Waals surface area contributed by atoms with Gasteiger partial charge in [-0.1, -0.05) is 47.7 Å². The van der Waals surface area contributed by atoms with Crippen LogP contribution in [-0.2, 0) is 4.79 Å². The molecule has 0 N–H and O–H groups in total. The zero-order valence-electron chi connectivity index (χ0n) is 17.3. The molecule has 31 heavy (non-hydrogen) atoms. The van der Waals surface area contributed by atoms with Gasteiger partial charge < -0.3 is 18.9 Å². The summed E-state index contributed by atoms with van der Waals surface area (Å²) >= 11 is 12.8. The number of hydrogen-bond acceptors (Lipinski definition) is 7. The maximum absolute atomic E-state index is 12.2. The number of methoxy groups -OCH3 is 2. The standard InChI is InChI=1S/C22H22ClNO5S2/c1-24-21(25)19(31-22(24)30)13-14-11-15(23)20(18(12-14)27-3)29-10-6-9-28-17-8-5-4-7-16(17)26-2/h4-5,7-8,11-13H,6,9-10H2,1-3H3/b19-13-. The molecule has 1 fully saturated rings. The number of amides is 1. The van der Waals surface area contributed by atoms with E-state index < -0.39 is 0 Å². The molecule has 0 bridgehead atoms. The molecule has 1 aliphatic rings. The van der Waals surface area contributed by atoms with Crippen LogP contribution in [0.3, 0.4) is 0 Å². The third-order valence-electron chi connectivity index (χ3n) is 4.40. The van der Waals surface area contributed by atoms with E-state index in [4.69, 9.17) is 42.8 Å². The summed E-state index contributed by atoms with van der Waals surface area (Å²) < 4.78 is 22.8. The quantitative estimate of drug-likeness (QED) is 0.284. The lowest BCUT2D eigenvalue weighted by Crippen LogP contribution is -2.22. The molecular formula is C22H22ClNO5S2. The summed E-state index contributed by atoms with van der Waals surface area (Å²) in [7, 11) is 4.80. The second-order valence-electron chi connectivity index (χ2n) is 6.48. The first kappa shape index (κ1) is 23.2. The van der Waals surface area contributed by atoms with Crippen LogP contribution in [0.15, 0.2) is 41.3 Å². The fourth-order valence-electron chi connectivity index (χ4n) is 2.81. The summed E-state index contributed by atoms with van der Waals surface area (Å²) in [5.74, 6) is 2.16. The van der Waals surface area contributed by atoms with Crippen LogP contribution in [0.1, 0.15) is 12.0 Å². The molecule has 0 saturated carbocycles. The molecular weight excluding hydrogens is 458 g/mol. The molecule has 0 aliphatic carbocycles. The van der Waals surface area contributed by atoms with Gasteiger partial charge in [0, 0.05) is 13.5 Å². The largest absolute Gasteiger partial charge is 0.493 e. The van der Waals surface area contributed by atoms with Crippen molar-refractivity contribution in [3.8, 4) is 23.0 Å². The van der Waals surface area contributed by atoms with Gasteiger partial charge in [-0.25, -0.2) is 0 Å². The van der Waals surface area contributed by atoms with Gasteiger partial charge in [-0.05, 0) is 35.9 Å². The van der Waals surface area contributed by atoms with Crippen molar-refractivity contribution in [2.45, 2.75) is 6.42 Å². The van der Waals surface area contributed by atoms with Gasteiger partial charge in [0.15, 0.2) is 23.0 Å². The van der Waals surface area contributed by atoms with Gasteiger partial charge in [-0.2, -0.15) is 0 Å². The summed E-state index contributed by atoms with van der Waals surface area (Å²) in [5, 5.41) is 0.392. The minimum Gasteiger partial charge on any atom is -0.493 e. The summed E-state index contributed by atoms with van der Waals surface area (Å²) in [4.78, 5) is 14.2. The van der Waals surface area contributed by atoms with Crippen molar-refractivity contribution in [1.82, 2.24) is 4.90 Å². The van der Waals surface area contributed by atoms with Crippen molar-refractivity contribution in [2.24, 2.45) is 0 Å². The van der Waals surface area contributed by atoms with Crippen LogP contribution < -0.4 is 18.9 Å². The Hall–Kier alpha value is -2.42. The normalized spacial score (nSPS) is 14.8. The van der Waals surface area contributed by atoms with Gasteiger partial charge in [0.2, 0.25) is 0 Å². The van der Waals surface area contributed by atoms with Gasteiger partial charge in [-0.15, -0.1) is 0 Å². The van der Waals surface area contributed by atoms with E-state index in [0.717, 1.165) is 5.56 Å². The van der Waals surface area contributed by atoms with Gasteiger partial charge >= 0.3 is 0 Å². The molecule has 0 unspecified atom stereocenters. The number of thiocarbonyl (C=S) groups is 1. The Labute approximate surface area is 196 Å². The molecule has 6 nitrogen and oxygen atoms in total. The van der Waals surface area contributed by atoms with E-state index in [-0.39, 0.29) is 5.91 Å².